The number of hydrogen-bond donors (Lipinski definition) is 1. The number of nitrogens with one attached hydrogen (secondary N) is 1. The SMILES string of the molecule is Cc1ccc(CN[C@@H](c2ccc(F)cc2)c2cnn(C)c2)o1. The van der Waals surface area contributed by atoms with Crippen molar-refractivity contribution < 1.29 is 8.81 Å². The zero-order valence-corrected chi connectivity index (χ0v) is 12.6. The fourth-order valence-electron chi connectivity index (χ4n) is 2.46. The molecule has 0 saturated heterocycles. The van der Waals surface area contributed by atoms with Crippen LogP contribution in [0.15, 0.2) is 53.2 Å². The van der Waals surface area contributed by atoms with Crippen LogP contribution in [0.4, 0.5) is 4.39 Å². The monoisotopic (exact) mass is 299 g/mol. The molecule has 4 nitrogen and oxygen atoms in total. The predicted molar refractivity (Wildman–Crippen MR) is 81.7 cm³/mol. The minimum Gasteiger partial charge on any atom is -0.465 e. The van der Waals surface area contributed by atoms with E-state index in [-0.39, 0.29) is 11.9 Å². The van der Waals surface area contributed by atoms with Gasteiger partial charge in [-0.15, -0.1) is 0 Å². The second kappa shape index (κ2) is 6.15. The molecule has 0 amide bonds. The van der Waals surface area contributed by atoms with Crippen LogP contribution >= 0.6 is 0 Å². The molecule has 0 fully saturated rings. The van der Waals surface area contributed by atoms with Gasteiger partial charge in [0.15, 0.2) is 0 Å². The molecule has 0 radical (unpaired) electrons. The maximum absolute atomic E-state index is 13.2. The molecule has 0 saturated carbocycles. The topological polar surface area (TPSA) is 43.0 Å². The molecule has 1 N–H and O–H groups in total. The Hall–Kier alpha value is -2.40. The van der Waals surface area contributed by atoms with Crippen molar-refractivity contribution in [3.8, 4) is 0 Å². The maximum Gasteiger partial charge on any atom is 0.123 e. The Kier molecular flexibility index (Phi) is 4.06. The molecule has 3 aromatic rings. The number of aromatic nitrogens is 2. The van der Waals surface area contributed by atoms with E-state index in [4.69, 9.17) is 4.42 Å². The number of benzene rings is 1. The third kappa shape index (κ3) is 3.26. The minimum absolute atomic E-state index is 0.0697. The molecule has 0 bridgehead atoms. The van der Waals surface area contributed by atoms with Gasteiger partial charge in [-0.05, 0) is 36.8 Å². The summed E-state index contributed by atoms with van der Waals surface area (Å²) in [5, 5.41) is 7.66. The first-order valence-electron chi connectivity index (χ1n) is 7.14. The first kappa shape index (κ1) is 14.5. The Balaban J connectivity index is 1.84. The van der Waals surface area contributed by atoms with E-state index in [2.05, 4.69) is 10.4 Å². The number of aryl methyl sites for hydroxylation is 2. The van der Waals surface area contributed by atoms with Crippen LogP contribution in [-0.4, -0.2) is 9.78 Å². The Morgan fingerprint density at radius 2 is 1.95 bits per heavy atom. The van der Waals surface area contributed by atoms with Crippen molar-refractivity contribution in [2.24, 2.45) is 7.05 Å². The molecule has 2 aromatic heterocycles. The summed E-state index contributed by atoms with van der Waals surface area (Å²) in [6, 6.07) is 10.3. The Bertz CT molecular complexity index is 745. The molecule has 1 aromatic carbocycles. The average molecular weight is 299 g/mol. The van der Waals surface area contributed by atoms with Gasteiger partial charge in [-0.25, -0.2) is 4.39 Å². The molecular weight excluding hydrogens is 281 g/mol. The van der Waals surface area contributed by atoms with Crippen molar-refractivity contribution in [1.82, 2.24) is 15.1 Å². The van der Waals surface area contributed by atoms with Gasteiger partial charge < -0.3 is 4.42 Å². The highest BCUT2D eigenvalue weighted by atomic mass is 19.1. The Labute approximate surface area is 128 Å². The lowest BCUT2D eigenvalue weighted by Gasteiger charge is -2.17. The molecule has 0 aliphatic rings. The van der Waals surface area contributed by atoms with Gasteiger partial charge in [0.25, 0.3) is 0 Å². The van der Waals surface area contributed by atoms with E-state index in [0.29, 0.717) is 6.54 Å². The molecule has 0 unspecified atom stereocenters. The van der Waals surface area contributed by atoms with Crippen LogP contribution in [0.2, 0.25) is 0 Å². The summed E-state index contributed by atoms with van der Waals surface area (Å²) in [4.78, 5) is 0. The van der Waals surface area contributed by atoms with Gasteiger partial charge in [0.1, 0.15) is 17.3 Å². The van der Waals surface area contributed by atoms with Crippen LogP contribution in [-0.2, 0) is 13.6 Å². The summed E-state index contributed by atoms with van der Waals surface area (Å²) in [6.45, 7) is 2.51. The summed E-state index contributed by atoms with van der Waals surface area (Å²) in [6.07, 6.45) is 3.77. The zero-order chi connectivity index (χ0) is 15.5. The van der Waals surface area contributed by atoms with Crippen LogP contribution < -0.4 is 5.32 Å². The van der Waals surface area contributed by atoms with Crippen molar-refractivity contribution in [2.75, 3.05) is 0 Å². The van der Waals surface area contributed by atoms with E-state index in [9.17, 15) is 4.39 Å². The van der Waals surface area contributed by atoms with Gasteiger partial charge >= 0.3 is 0 Å². The van der Waals surface area contributed by atoms with Gasteiger partial charge in [-0.2, -0.15) is 5.10 Å². The molecule has 0 aliphatic heterocycles. The van der Waals surface area contributed by atoms with Crippen molar-refractivity contribution in [2.45, 2.75) is 19.5 Å². The van der Waals surface area contributed by atoms with E-state index in [1.807, 2.05) is 38.5 Å². The lowest BCUT2D eigenvalue weighted by atomic mass is 10.0. The quantitative estimate of drug-likeness (QED) is 0.785. The first-order chi connectivity index (χ1) is 10.6. The highest BCUT2D eigenvalue weighted by Crippen LogP contribution is 2.22. The highest BCUT2D eigenvalue weighted by Gasteiger charge is 2.16. The standard InChI is InChI=1S/C17H18FN3O/c1-12-3-8-16(22-12)10-19-17(14-9-20-21(2)11-14)13-4-6-15(18)7-5-13/h3-9,11,17,19H,10H2,1-2H3/t17-/m0/s1. The van der Waals surface area contributed by atoms with Crippen LogP contribution in [0.1, 0.15) is 28.7 Å². The van der Waals surface area contributed by atoms with E-state index in [0.717, 1.165) is 22.6 Å². The van der Waals surface area contributed by atoms with Crippen molar-refractivity contribution in [3.63, 3.8) is 0 Å². The number of furan rings is 1. The summed E-state index contributed by atoms with van der Waals surface area (Å²) in [5.74, 6) is 1.51. The molecule has 3 rings (SSSR count). The van der Waals surface area contributed by atoms with E-state index in [1.165, 1.54) is 12.1 Å². The first-order valence-corrected chi connectivity index (χ1v) is 7.14. The Morgan fingerprint density at radius 3 is 2.55 bits per heavy atom. The summed E-state index contributed by atoms with van der Waals surface area (Å²) >= 11 is 0. The zero-order valence-electron chi connectivity index (χ0n) is 12.6. The second-order valence-corrected chi connectivity index (χ2v) is 5.33. The van der Waals surface area contributed by atoms with Gasteiger partial charge in [-0.1, -0.05) is 12.1 Å². The molecule has 1 atom stereocenters. The third-order valence-electron chi connectivity index (χ3n) is 3.54. The molecule has 5 heteroatoms. The average Bonchev–Trinajstić information content (AvgIpc) is 3.10. The van der Waals surface area contributed by atoms with Gasteiger partial charge in [0.2, 0.25) is 0 Å². The number of hydrogen-bond acceptors (Lipinski definition) is 3. The Morgan fingerprint density at radius 1 is 1.18 bits per heavy atom. The largest absolute Gasteiger partial charge is 0.465 e. The fourth-order valence-corrected chi connectivity index (χ4v) is 2.46. The molecule has 114 valence electrons. The summed E-state index contributed by atoms with van der Waals surface area (Å²) in [5.41, 5.74) is 2.01. The minimum atomic E-state index is -0.240. The lowest BCUT2D eigenvalue weighted by Crippen LogP contribution is -2.21. The van der Waals surface area contributed by atoms with Gasteiger partial charge in [0.05, 0.1) is 18.8 Å². The van der Waals surface area contributed by atoms with Crippen LogP contribution in [0.5, 0.6) is 0 Å². The highest BCUT2D eigenvalue weighted by molar-refractivity contribution is 5.29. The molecule has 2 heterocycles. The van der Waals surface area contributed by atoms with Gasteiger partial charge in [-0.3, -0.25) is 10.00 Å². The summed E-state index contributed by atoms with van der Waals surface area (Å²) < 4.78 is 20.5. The van der Waals surface area contributed by atoms with E-state index < -0.39 is 0 Å². The molecule has 22 heavy (non-hydrogen) atoms. The number of nitrogens with zero attached hydrogens (tertiary/aromatic N) is 2. The lowest BCUT2D eigenvalue weighted by molar-refractivity contribution is 0.450. The molecule has 0 aliphatic carbocycles. The second-order valence-electron chi connectivity index (χ2n) is 5.33. The number of halogens is 1. The van der Waals surface area contributed by atoms with Crippen molar-refractivity contribution in [1.29, 1.82) is 0 Å². The predicted octanol–water partition coefficient (Wildman–Crippen LogP) is 3.34. The van der Waals surface area contributed by atoms with Crippen LogP contribution in [0.3, 0.4) is 0 Å². The number of rotatable bonds is 5. The summed E-state index contributed by atoms with van der Waals surface area (Å²) in [7, 11) is 1.88. The van der Waals surface area contributed by atoms with E-state index >= 15 is 0 Å². The van der Waals surface area contributed by atoms with Gasteiger partial charge in [0, 0.05) is 18.8 Å². The van der Waals surface area contributed by atoms with E-state index in [1.54, 1.807) is 16.8 Å². The third-order valence-corrected chi connectivity index (χ3v) is 3.54. The van der Waals surface area contributed by atoms with Crippen LogP contribution in [0, 0.1) is 12.7 Å². The van der Waals surface area contributed by atoms with Crippen molar-refractivity contribution >= 4 is 0 Å². The fraction of sp³-hybridized carbons (Fsp3) is 0.235. The smallest absolute Gasteiger partial charge is 0.123 e. The van der Waals surface area contributed by atoms with Crippen LogP contribution in [0.25, 0.3) is 0 Å². The van der Waals surface area contributed by atoms with Crippen molar-refractivity contribution in [3.05, 3.63) is 77.3 Å². The molecule has 0 spiro atoms. The maximum atomic E-state index is 13.2. The normalized spacial score (nSPS) is 12.5. The molecular formula is C17H18FN3O.